The van der Waals surface area contributed by atoms with Crippen LogP contribution in [0.2, 0.25) is 0 Å². The highest BCUT2D eigenvalue weighted by Crippen LogP contribution is 2.21. The highest BCUT2D eigenvalue weighted by Gasteiger charge is 2.28. The maximum absolute atomic E-state index is 13.2. The van der Waals surface area contributed by atoms with Crippen LogP contribution < -0.4 is 10.1 Å². The molecule has 2 amide bonds. The molecule has 0 unspecified atom stereocenters. The van der Waals surface area contributed by atoms with Crippen LogP contribution in [-0.2, 0) is 21.9 Å². The molecule has 0 radical (unpaired) electrons. The molecule has 0 aromatic heterocycles. The van der Waals surface area contributed by atoms with E-state index in [4.69, 9.17) is 4.74 Å². The third-order valence-corrected chi connectivity index (χ3v) is 7.25. The first-order valence-corrected chi connectivity index (χ1v) is 13.0. The number of hydrogen-bond donors (Lipinski definition) is 1. The lowest BCUT2D eigenvalue weighted by molar-refractivity contribution is -0.138. The van der Waals surface area contributed by atoms with E-state index in [0.717, 1.165) is 52.8 Å². The molecule has 2 aromatic rings. The van der Waals surface area contributed by atoms with Crippen molar-refractivity contribution >= 4 is 39.5 Å². The van der Waals surface area contributed by atoms with Gasteiger partial charge in [0.25, 0.3) is 0 Å². The van der Waals surface area contributed by atoms with Gasteiger partial charge in [0.2, 0.25) is 11.8 Å². The topological polar surface area (TPSA) is 58.6 Å². The number of rotatable bonds is 10. The Labute approximate surface area is 203 Å². The molecule has 2 aromatic carbocycles. The summed E-state index contributed by atoms with van der Waals surface area (Å²) in [6, 6.07) is 15.4. The van der Waals surface area contributed by atoms with Crippen LogP contribution in [0, 0.1) is 0 Å². The fraction of sp³-hybridized carbons (Fsp3) is 0.440. The Hall–Kier alpha value is -1.99. The molecule has 1 aliphatic rings. The molecule has 0 aliphatic heterocycles. The van der Waals surface area contributed by atoms with Crippen molar-refractivity contribution in [2.75, 3.05) is 12.9 Å². The Kier molecular flexibility index (Phi) is 9.48. The number of benzene rings is 2. The molecule has 5 nitrogen and oxygen atoms in total. The Morgan fingerprint density at radius 3 is 2.53 bits per heavy atom. The lowest BCUT2D eigenvalue weighted by Gasteiger charge is -2.29. The second-order valence-corrected chi connectivity index (χ2v) is 10.1. The zero-order valence-electron chi connectivity index (χ0n) is 18.7. The summed E-state index contributed by atoms with van der Waals surface area (Å²) in [7, 11) is 1.65. The van der Waals surface area contributed by atoms with E-state index in [2.05, 4.69) is 21.2 Å². The van der Waals surface area contributed by atoms with E-state index in [1.807, 2.05) is 55.5 Å². The first kappa shape index (κ1) is 24.6. The number of nitrogens with zero attached hydrogens (tertiary/aromatic N) is 1. The average molecular weight is 520 g/mol. The van der Waals surface area contributed by atoms with Gasteiger partial charge in [-0.15, -0.1) is 11.8 Å². The molecule has 1 atom stereocenters. The summed E-state index contributed by atoms with van der Waals surface area (Å²) in [4.78, 5) is 27.8. The van der Waals surface area contributed by atoms with Crippen LogP contribution in [-0.4, -0.2) is 41.7 Å². The van der Waals surface area contributed by atoms with Gasteiger partial charge in [-0.3, -0.25) is 9.59 Å². The number of hydrogen-bond acceptors (Lipinski definition) is 4. The summed E-state index contributed by atoms with van der Waals surface area (Å²) in [5.74, 6) is 1.76. The number of ether oxygens (including phenoxy) is 1. The first-order valence-electron chi connectivity index (χ1n) is 11.0. The highest BCUT2D eigenvalue weighted by molar-refractivity contribution is 9.10. The quantitative estimate of drug-likeness (QED) is 0.471. The molecule has 32 heavy (non-hydrogen) atoms. The summed E-state index contributed by atoms with van der Waals surface area (Å²) in [6.07, 6.45) is 4.36. The lowest BCUT2D eigenvalue weighted by atomic mass is 10.1. The Morgan fingerprint density at radius 2 is 1.88 bits per heavy atom. The van der Waals surface area contributed by atoms with E-state index in [0.29, 0.717) is 12.3 Å². The lowest BCUT2D eigenvalue weighted by Crippen LogP contribution is -2.50. The standard InChI is InChI=1S/C25H31BrN2O3S/c1-18(25(30)27-22-8-3-4-9-22)28(15-20-6-5-7-21(26)14-20)24(29)17-32-16-19-10-12-23(31-2)13-11-19/h5-7,10-14,18,22H,3-4,8-9,15-17H2,1-2H3,(H,27,30)/t18-/m1/s1. The van der Waals surface area contributed by atoms with Gasteiger partial charge >= 0.3 is 0 Å². The van der Waals surface area contributed by atoms with E-state index in [1.165, 1.54) is 0 Å². The van der Waals surface area contributed by atoms with Crippen LogP contribution in [0.15, 0.2) is 53.0 Å². The number of carbonyl (C=O) groups is 2. The molecule has 0 heterocycles. The molecule has 1 N–H and O–H groups in total. The minimum atomic E-state index is -0.524. The monoisotopic (exact) mass is 518 g/mol. The van der Waals surface area contributed by atoms with Gasteiger partial charge in [0.1, 0.15) is 11.8 Å². The molecule has 172 valence electrons. The zero-order valence-corrected chi connectivity index (χ0v) is 21.1. The van der Waals surface area contributed by atoms with Gasteiger partial charge in [-0.05, 0) is 55.2 Å². The molecular weight excluding hydrogens is 488 g/mol. The summed E-state index contributed by atoms with van der Waals surface area (Å²) in [5, 5.41) is 3.14. The van der Waals surface area contributed by atoms with E-state index in [-0.39, 0.29) is 17.9 Å². The normalized spacial score (nSPS) is 14.7. The maximum atomic E-state index is 13.2. The summed E-state index contributed by atoms with van der Waals surface area (Å²) in [5.41, 5.74) is 2.13. The van der Waals surface area contributed by atoms with Crippen molar-refractivity contribution in [1.82, 2.24) is 10.2 Å². The summed E-state index contributed by atoms with van der Waals surface area (Å²) < 4.78 is 6.15. The first-order chi connectivity index (χ1) is 15.5. The molecule has 1 fully saturated rings. The van der Waals surface area contributed by atoms with Crippen LogP contribution in [0.4, 0.5) is 0 Å². The molecular formula is C25H31BrN2O3S. The fourth-order valence-electron chi connectivity index (χ4n) is 3.87. The van der Waals surface area contributed by atoms with Crippen LogP contribution in [0.5, 0.6) is 5.75 Å². The van der Waals surface area contributed by atoms with Crippen molar-refractivity contribution < 1.29 is 14.3 Å². The average Bonchev–Trinajstić information content (AvgIpc) is 3.30. The number of methoxy groups -OCH3 is 1. The van der Waals surface area contributed by atoms with Gasteiger partial charge in [0, 0.05) is 22.8 Å². The van der Waals surface area contributed by atoms with E-state index < -0.39 is 6.04 Å². The highest BCUT2D eigenvalue weighted by atomic mass is 79.9. The smallest absolute Gasteiger partial charge is 0.242 e. The van der Waals surface area contributed by atoms with Crippen LogP contribution in [0.3, 0.4) is 0 Å². The number of thioether (sulfide) groups is 1. The van der Waals surface area contributed by atoms with Crippen molar-refractivity contribution in [2.45, 2.75) is 57.0 Å². The maximum Gasteiger partial charge on any atom is 0.242 e. The van der Waals surface area contributed by atoms with Crippen molar-refractivity contribution in [2.24, 2.45) is 0 Å². The second kappa shape index (κ2) is 12.3. The van der Waals surface area contributed by atoms with Gasteiger partial charge < -0.3 is 15.0 Å². The van der Waals surface area contributed by atoms with Crippen molar-refractivity contribution in [3.63, 3.8) is 0 Å². The number of carbonyl (C=O) groups excluding carboxylic acids is 2. The minimum Gasteiger partial charge on any atom is -0.497 e. The largest absolute Gasteiger partial charge is 0.497 e. The van der Waals surface area contributed by atoms with Gasteiger partial charge in [-0.25, -0.2) is 0 Å². The predicted molar refractivity (Wildman–Crippen MR) is 134 cm³/mol. The zero-order chi connectivity index (χ0) is 22.9. The summed E-state index contributed by atoms with van der Waals surface area (Å²) in [6.45, 7) is 2.23. The van der Waals surface area contributed by atoms with Crippen molar-refractivity contribution in [1.29, 1.82) is 0 Å². The van der Waals surface area contributed by atoms with E-state index in [1.54, 1.807) is 23.8 Å². The number of halogens is 1. The molecule has 0 bridgehead atoms. The molecule has 1 saturated carbocycles. The van der Waals surface area contributed by atoms with E-state index >= 15 is 0 Å². The van der Waals surface area contributed by atoms with Crippen molar-refractivity contribution in [3.05, 3.63) is 64.1 Å². The van der Waals surface area contributed by atoms with Gasteiger partial charge in [0.15, 0.2) is 0 Å². The van der Waals surface area contributed by atoms with Gasteiger partial charge in [-0.2, -0.15) is 0 Å². The number of nitrogens with one attached hydrogen (secondary N) is 1. The Morgan fingerprint density at radius 1 is 1.16 bits per heavy atom. The second-order valence-electron chi connectivity index (χ2n) is 8.16. The van der Waals surface area contributed by atoms with Crippen molar-refractivity contribution in [3.8, 4) is 5.75 Å². The fourth-order valence-corrected chi connectivity index (χ4v) is 5.18. The molecule has 1 aliphatic carbocycles. The predicted octanol–water partition coefficient (Wildman–Crippen LogP) is 5.17. The van der Waals surface area contributed by atoms with Crippen LogP contribution >= 0.6 is 27.7 Å². The third kappa shape index (κ3) is 7.27. The minimum absolute atomic E-state index is 0.0300. The molecule has 3 rings (SSSR count). The van der Waals surface area contributed by atoms with Gasteiger partial charge in [0.05, 0.1) is 12.9 Å². The van der Waals surface area contributed by atoms with Gasteiger partial charge in [-0.1, -0.05) is 53.0 Å². The number of amides is 2. The molecule has 0 saturated heterocycles. The molecule has 7 heteroatoms. The Bertz CT molecular complexity index is 900. The third-order valence-electron chi connectivity index (χ3n) is 5.76. The molecule has 0 spiro atoms. The SMILES string of the molecule is COc1ccc(CSCC(=O)N(Cc2cccc(Br)c2)[C@H](C)C(=O)NC2CCCC2)cc1. The Balaban J connectivity index is 1.63. The van der Waals surface area contributed by atoms with Crippen LogP contribution in [0.25, 0.3) is 0 Å². The summed E-state index contributed by atoms with van der Waals surface area (Å²) >= 11 is 5.05. The van der Waals surface area contributed by atoms with Crippen LogP contribution in [0.1, 0.15) is 43.7 Å². The van der Waals surface area contributed by atoms with E-state index in [9.17, 15) is 9.59 Å².